The lowest BCUT2D eigenvalue weighted by Gasteiger charge is -2.08. The monoisotopic (exact) mass is 326 g/mol. The molecule has 0 atom stereocenters. The van der Waals surface area contributed by atoms with E-state index in [1.54, 1.807) is 24.3 Å². The third kappa shape index (κ3) is 4.17. The lowest BCUT2D eigenvalue weighted by molar-refractivity contribution is 0.0591. The Morgan fingerprint density at radius 2 is 1.87 bits per heavy atom. The highest BCUT2D eigenvalue weighted by molar-refractivity contribution is 6.83. The van der Waals surface area contributed by atoms with Crippen molar-refractivity contribution < 1.29 is 9.53 Å². The second-order valence-electron chi connectivity index (χ2n) is 5.98. The molecule has 6 heteroatoms. The van der Waals surface area contributed by atoms with E-state index in [0.717, 1.165) is 0 Å². The predicted molar refractivity (Wildman–Crippen MR) is 91.4 cm³/mol. The zero-order valence-electron chi connectivity index (χ0n) is 13.6. The lowest BCUT2D eigenvalue weighted by Crippen LogP contribution is -2.25. The first-order chi connectivity index (χ1) is 10.8. The number of rotatable bonds is 2. The van der Waals surface area contributed by atoms with Crippen LogP contribution in [0.2, 0.25) is 19.6 Å². The topological polar surface area (TPSA) is 61.2 Å². The summed E-state index contributed by atoms with van der Waals surface area (Å²) in [6, 6.07) is 10.2. The molecular weight excluding hydrogens is 308 g/mol. The predicted octanol–water partition coefficient (Wildman–Crippen LogP) is 2.25. The van der Waals surface area contributed by atoms with Gasteiger partial charge in [0.1, 0.15) is 8.07 Å². The number of carbonyl (C=O) groups excluding carboxylic acids is 1. The Bertz CT molecular complexity index is 840. The number of esters is 1. The second kappa shape index (κ2) is 6.63. The van der Waals surface area contributed by atoms with Crippen molar-refractivity contribution in [1.29, 1.82) is 0 Å². The number of aromatic nitrogens is 2. The van der Waals surface area contributed by atoms with E-state index in [1.807, 2.05) is 6.07 Å². The number of carbonyl (C=O) groups is 1. The Balaban J connectivity index is 2.65. The third-order valence-electron chi connectivity index (χ3n) is 2.88. The Kier molecular flexibility index (Phi) is 4.82. The minimum Gasteiger partial charge on any atom is -0.464 e. The summed E-state index contributed by atoms with van der Waals surface area (Å²) in [6.07, 6.45) is 0. The summed E-state index contributed by atoms with van der Waals surface area (Å²) in [5, 5.41) is 4.16. The summed E-state index contributed by atoms with van der Waals surface area (Å²) in [5.74, 6) is 2.31. The maximum absolute atomic E-state index is 12.3. The van der Waals surface area contributed by atoms with E-state index in [2.05, 4.69) is 36.2 Å². The van der Waals surface area contributed by atoms with Crippen LogP contribution in [0.1, 0.15) is 16.1 Å². The van der Waals surface area contributed by atoms with E-state index in [4.69, 9.17) is 4.74 Å². The summed E-state index contributed by atoms with van der Waals surface area (Å²) >= 11 is 0. The zero-order chi connectivity index (χ0) is 17.0. The molecule has 1 heterocycles. The van der Waals surface area contributed by atoms with E-state index < -0.39 is 14.0 Å². The molecule has 23 heavy (non-hydrogen) atoms. The van der Waals surface area contributed by atoms with Crippen LogP contribution in [0, 0.1) is 11.5 Å². The summed E-state index contributed by atoms with van der Waals surface area (Å²) in [6.45, 7) is 6.24. The maximum atomic E-state index is 12.3. The smallest absolute Gasteiger partial charge is 0.359 e. The Morgan fingerprint density at radius 1 is 1.22 bits per heavy atom. The van der Waals surface area contributed by atoms with E-state index in [-0.39, 0.29) is 11.3 Å². The molecule has 0 spiro atoms. The van der Waals surface area contributed by atoms with Gasteiger partial charge >= 0.3 is 5.97 Å². The Hall–Kier alpha value is -2.65. The molecular formula is C17H18N2O3Si. The van der Waals surface area contributed by atoms with Gasteiger partial charge in [-0.15, -0.1) is 5.54 Å². The van der Waals surface area contributed by atoms with Crippen molar-refractivity contribution in [3.63, 3.8) is 0 Å². The number of para-hydroxylation sites is 1. The van der Waals surface area contributed by atoms with Crippen LogP contribution in [0.5, 0.6) is 0 Å². The van der Waals surface area contributed by atoms with E-state index in [0.29, 0.717) is 11.3 Å². The fourth-order valence-electron chi connectivity index (χ4n) is 1.81. The molecule has 0 aliphatic heterocycles. The van der Waals surface area contributed by atoms with Gasteiger partial charge in [-0.3, -0.25) is 4.79 Å². The number of methoxy groups -OCH3 is 1. The molecule has 0 aliphatic rings. The van der Waals surface area contributed by atoms with Gasteiger partial charge in [0.25, 0.3) is 5.56 Å². The summed E-state index contributed by atoms with van der Waals surface area (Å²) in [7, 11) is -0.377. The Labute approximate surface area is 135 Å². The van der Waals surface area contributed by atoms with Crippen LogP contribution in [-0.4, -0.2) is 30.9 Å². The fraction of sp³-hybridized carbons (Fsp3) is 0.235. The average Bonchev–Trinajstić information content (AvgIpc) is 2.52. The molecule has 0 saturated heterocycles. The van der Waals surface area contributed by atoms with Crippen LogP contribution in [-0.2, 0) is 4.74 Å². The molecule has 2 aromatic rings. The standard InChI is InChI=1S/C17H18N2O3Si/c1-22-17(21)16-13(10-11-23(2,3)4)12-15(20)19(18-16)14-8-6-5-7-9-14/h5-9,12H,1-4H3. The van der Waals surface area contributed by atoms with Crippen molar-refractivity contribution in [2.75, 3.05) is 7.11 Å². The average molecular weight is 326 g/mol. The highest BCUT2D eigenvalue weighted by Gasteiger charge is 2.17. The molecule has 2 rings (SSSR count). The SMILES string of the molecule is COC(=O)c1nn(-c2ccccc2)c(=O)cc1C#C[Si](C)(C)C. The minimum atomic E-state index is -1.65. The van der Waals surface area contributed by atoms with Crippen molar-refractivity contribution in [2.24, 2.45) is 0 Å². The van der Waals surface area contributed by atoms with Crippen molar-refractivity contribution >= 4 is 14.0 Å². The highest BCUT2D eigenvalue weighted by atomic mass is 28.3. The highest BCUT2D eigenvalue weighted by Crippen LogP contribution is 2.08. The van der Waals surface area contributed by atoms with Crippen LogP contribution < -0.4 is 5.56 Å². The van der Waals surface area contributed by atoms with E-state index in [9.17, 15) is 9.59 Å². The molecule has 0 aliphatic carbocycles. The van der Waals surface area contributed by atoms with Crippen LogP contribution in [0.3, 0.4) is 0 Å². The van der Waals surface area contributed by atoms with Gasteiger partial charge in [0, 0.05) is 6.07 Å². The summed E-state index contributed by atoms with van der Waals surface area (Å²) in [5.41, 5.74) is 3.71. The third-order valence-corrected chi connectivity index (χ3v) is 3.76. The van der Waals surface area contributed by atoms with Crippen LogP contribution in [0.25, 0.3) is 5.69 Å². The first-order valence-electron chi connectivity index (χ1n) is 7.13. The maximum Gasteiger partial charge on any atom is 0.359 e. The summed E-state index contributed by atoms with van der Waals surface area (Å²) < 4.78 is 5.94. The molecule has 0 radical (unpaired) electrons. The van der Waals surface area contributed by atoms with Gasteiger partial charge in [-0.1, -0.05) is 43.8 Å². The molecule has 0 N–H and O–H groups in total. The van der Waals surface area contributed by atoms with E-state index >= 15 is 0 Å². The van der Waals surface area contributed by atoms with Crippen LogP contribution >= 0.6 is 0 Å². The molecule has 118 valence electrons. The largest absolute Gasteiger partial charge is 0.464 e. The first-order valence-corrected chi connectivity index (χ1v) is 10.6. The van der Waals surface area contributed by atoms with Crippen LogP contribution in [0.4, 0.5) is 0 Å². The number of hydrogen-bond donors (Lipinski definition) is 0. The van der Waals surface area contributed by atoms with Gasteiger partial charge in [0.05, 0.1) is 18.4 Å². The second-order valence-corrected chi connectivity index (χ2v) is 10.7. The fourth-order valence-corrected chi connectivity index (χ4v) is 2.32. The van der Waals surface area contributed by atoms with Gasteiger partial charge in [0.15, 0.2) is 5.69 Å². The van der Waals surface area contributed by atoms with Crippen molar-refractivity contribution in [3.05, 3.63) is 58.0 Å². The van der Waals surface area contributed by atoms with Crippen molar-refractivity contribution in [2.45, 2.75) is 19.6 Å². The summed E-state index contributed by atoms with van der Waals surface area (Å²) in [4.78, 5) is 24.3. The van der Waals surface area contributed by atoms with Crippen molar-refractivity contribution in [3.8, 4) is 17.2 Å². The molecule has 0 bridgehead atoms. The van der Waals surface area contributed by atoms with Gasteiger partial charge in [-0.25, -0.2) is 4.79 Å². The zero-order valence-corrected chi connectivity index (χ0v) is 14.6. The van der Waals surface area contributed by atoms with Gasteiger partial charge in [-0.05, 0) is 12.1 Å². The lowest BCUT2D eigenvalue weighted by atomic mass is 10.2. The van der Waals surface area contributed by atoms with Crippen LogP contribution in [0.15, 0.2) is 41.2 Å². The van der Waals surface area contributed by atoms with Gasteiger partial charge < -0.3 is 4.74 Å². The van der Waals surface area contributed by atoms with Crippen molar-refractivity contribution in [1.82, 2.24) is 9.78 Å². The molecule has 5 nitrogen and oxygen atoms in total. The molecule has 0 amide bonds. The number of ether oxygens (including phenoxy) is 1. The molecule has 1 aromatic heterocycles. The number of nitrogens with zero attached hydrogens (tertiary/aromatic N) is 2. The molecule has 0 fully saturated rings. The van der Waals surface area contributed by atoms with E-state index in [1.165, 1.54) is 17.9 Å². The normalized spacial score (nSPS) is 10.6. The number of benzene rings is 1. The Morgan fingerprint density at radius 3 is 2.43 bits per heavy atom. The molecule has 0 unspecified atom stereocenters. The first kappa shape index (κ1) is 16.7. The van der Waals surface area contributed by atoms with Gasteiger partial charge in [0.2, 0.25) is 0 Å². The molecule has 0 saturated carbocycles. The van der Waals surface area contributed by atoms with Gasteiger partial charge in [-0.2, -0.15) is 9.78 Å². The quantitative estimate of drug-likeness (QED) is 0.482. The number of hydrogen-bond acceptors (Lipinski definition) is 4. The minimum absolute atomic E-state index is 0.0432. The molecule has 1 aromatic carbocycles.